The topological polar surface area (TPSA) is 80.9 Å². The SMILES string of the molecule is N[C@@H](CCc1ccccc1)C(=O)NCc1cccnn1. The number of carbonyl (C=O) groups is 1. The van der Waals surface area contributed by atoms with Gasteiger partial charge in [0.25, 0.3) is 0 Å². The van der Waals surface area contributed by atoms with E-state index in [2.05, 4.69) is 15.5 Å². The Kier molecular flexibility index (Phi) is 5.20. The van der Waals surface area contributed by atoms with Gasteiger partial charge in [-0.15, -0.1) is 0 Å². The van der Waals surface area contributed by atoms with E-state index >= 15 is 0 Å². The Morgan fingerprint density at radius 3 is 2.70 bits per heavy atom. The number of aromatic nitrogens is 2. The zero-order valence-electron chi connectivity index (χ0n) is 11.2. The molecule has 0 spiro atoms. The van der Waals surface area contributed by atoms with Gasteiger partial charge in [-0.25, -0.2) is 0 Å². The van der Waals surface area contributed by atoms with Gasteiger partial charge in [-0.2, -0.15) is 10.2 Å². The fourth-order valence-corrected chi connectivity index (χ4v) is 1.83. The molecular weight excluding hydrogens is 252 g/mol. The summed E-state index contributed by atoms with van der Waals surface area (Å²) in [5.74, 6) is -0.161. The van der Waals surface area contributed by atoms with Crippen molar-refractivity contribution in [2.45, 2.75) is 25.4 Å². The maximum absolute atomic E-state index is 11.9. The van der Waals surface area contributed by atoms with Crippen LogP contribution in [0.3, 0.4) is 0 Å². The first-order valence-corrected chi connectivity index (χ1v) is 6.59. The molecule has 20 heavy (non-hydrogen) atoms. The fourth-order valence-electron chi connectivity index (χ4n) is 1.83. The van der Waals surface area contributed by atoms with Crippen molar-refractivity contribution in [1.82, 2.24) is 15.5 Å². The standard InChI is InChI=1S/C15H18N4O/c16-14(9-8-12-5-2-1-3-6-12)15(20)17-11-13-7-4-10-18-19-13/h1-7,10,14H,8-9,11,16H2,(H,17,20)/t14-/m0/s1. The number of nitrogens with zero attached hydrogens (tertiary/aromatic N) is 2. The third-order valence-corrected chi connectivity index (χ3v) is 2.99. The lowest BCUT2D eigenvalue weighted by molar-refractivity contribution is -0.122. The van der Waals surface area contributed by atoms with Crippen molar-refractivity contribution in [2.75, 3.05) is 0 Å². The van der Waals surface area contributed by atoms with Crippen molar-refractivity contribution in [3.8, 4) is 0 Å². The van der Waals surface area contributed by atoms with E-state index in [1.54, 1.807) is 12.3 Å². The predicted octanol–water partition coefficient (Wildman–Crippen LogP) is 1.05. The van der Waals surface area contributed by atoms with Crippen LogP contribution >= 0.6 is 0 Å². The molecule has 0 saturated carbocycles. The fraction of sp³-hybridized carbons (Fsp3) is 0.267. The molecule has 0 aliphatic rings. The molecule has 2 rings (SSSR count). The van der Waals surface area contributed by atoms with Crippen LogP contribution in [-0.4, -0.2) is 22.1 Å². The summed E-state index contributed by atoms with van der Waals surface area (Å²) in [6, 6.07) is 13.1. The molecule has 0 aliphatic carbocycles. The molecule has 0 fully saturated rings. The molecule has 0 radical (unpaired) electrons. The molecule has 1 aromatic carbocycles. The first-order chi connectivity index (χ1) is 9.75. The van der Waals surface area contributed by atoms with Crippen molar-refractivity contribution in [3.63, 3.8) is 0 Å². The Morgan fingerprint density at radius 1 is 1.20 bits per heavy atom. The minimum absolute atomic E-state index is 0.161. The van der Waals surface area contributed by atoms with Crippen LogP contribution in [0, 0.1) is 0 Å². The van der Waals surface area contributed by atoms with E-state index in [0.29, 0.717) is 13.0 Å². The molecule has 0 bridgehead atoms. The second-order valence-electron chi connectivity index (χ2n) is 4.56. The van der Waals surface area contributed by atoms with Gasteiger partial charge in [-0.3, -0.25) is 4.79 Å². The van der Waals surface area contributed by atoms with Crippen LogP contribution in [0.5, 0.6) is 0 Å². The predicted molar refractivity (Wildman–Crippen MR) is 76.6 cm³/mol. The zero-order chi connectivity index (χ0) is 14.2. The van der Waals surface area contributed by atoms with Gasteiger partial charge in [0.15, 0.2) is 0 Å². The van der Waals surface area contributed by atoms with E-state index in [-0.39, 0.29) is 5.91 Å². The van der Waals surface area contributed by atoms with Gasteiger partial charge in [0, 0.05) is 6.20 Å². The lowest BCUT2D eigenvalue weighted by Gasteiger charge is -2.11. The smallest absolute Gasteiger partial charge is 0.237 e. The summed E-state index contributed by atoms with van der Waals surface area (Å²) in [6.45, 7) is 0.353. The van der Waals surface area contributed by atoms with Crippen LogP contribution in [0.1, 0.15) is 17.7 Å². The van der Waals surface area contributed by atoms with Crippen molar-refractivity contribution in [2.24, 2.45) is 5.73 Å². The van der Waals surface area contributed by atoms with E-state index in [9.17, 15) is 4.79 Å². The second-order valence-corrected chi connectivity index (χ2v) is 4.56. The van der Waals surface area contributed by atoms with E-state index in [1.807, 2.05) is 36.4 Å². The largest absolute Gasteiger partial charge is 0.349 e. The Morgan fingerprint density at radius 2 is 2.00 bits per heavy atom. The number of hydrogen-bond acceptors (Lipinski definition) is 4. The second kappa shape index (κ2) is 7.35. The van der Waals surface area contributed by atoms with Crippen molar-refractivity contribution in [3.05, 3.63) is 59.9 Å². The molecule has 0 unspecified atom stereocenters. The summed E-state index contributed by atoms with van der Waals surface area (Å²) in [7, 11) is 0. The van der Waals surface area contributed by atoms with Crippen LogP contribution in [-0.2, 0) is 17.8 Å². The lowest BCUT2D eigenvalue weighted by atomic mass is 10.1. The molecule has 1 aromatic heterocycles. The van der Waals surface area contributed by atoms with Gasteiger partial charge in [0.2, 0.25) is 5.91 Å². The Hall–Kier alpha value is -2.27. The van der Waals surface area contributed by atoms with Gasteiger partial charge in [-0.1, -0.05) is 30.3 Å². The lowest BCUT2D eigenvalue weighted by Crippen LogP contribution is -2.40. The number of carbonyl (C=O) groups excluding carboxylic acids is 1. The molecule has 5 heteroatoms. The van der Waals surface area contributed by atoms with Crippen molar-refractivity contribution in [1.29, 1.82) is 0 Å². The molecule has 5 nitrogen and oxygen atoms in total. The van der Waals surface area contributed by atoms with Gasteiger partial charge in [0.05, 0.1) is 18.3 Å². The number of nitrogens with two attached hydrogens (primary N) is 1. The molecular formula is C15H18N4O. The van der Waals surface area contributed by atoms with Crippen molar-refractivity contribution < 1.29 is 4.79 Å². The summed E-state index contributed by atoms with van der Waals surface area (Å²) >= 11 is 0. The minimum atomic E-state index is -0.508. The monoisotopic (exact) mass is 270 g/mol. The molecule has 1 amide bonds. The highest BCUT2D eigenvalue weighted by Gasteiger charge is 2.13. The maximum Gasteiger partial charge on any atom is 0.237 e. The Balaban J connectivity index is 1.75. The Bertz CT molecular complexity index is 530. The minimum Gasteiger partial charge on any atom is -0.349 e. The Labute approximate surface area is 118 Å². The third-order valence-electron chi connectivity index (χ3n) is 2.99. The molecule has 3 N–H and O–H groups in total. The van der Waals surface area contributed by atoms with Gasteiger partial charge < -0.3 is 11.1 Å². The van der Waals surface area contributed by atoms with Gasteiger partial charge in [0.1, 0.15) is 0 Å². The van der Waals surface area contributed by atoms with Crippen LogP contribution < -0.4 is 11.1 Å². The first-order valence-electron chi connectivity index (χ1n) is 6.59. The van der Waals surface area contributed by atoms with Gasteiger partial charge >= 0.3 is 0 Å². The zero-order valence-corrected chi connectivity index (χ0v) is 11.2. The summed E-state index contributed by atoms with van der Waals surface area (Å²) in [5.41, 5.74) is 7.78. The average Bonchev–Trinajstić information content (AvgIpc) is 2.52. The van der Waals surface area contributed by atoms with Crippen LogP contribution in [0.15, 0.2) is 48.7 Å². The van der Waals surface area contributed by atoms with E-state index < -0.39 is 6.04 Å². The average molecular weight is 270 g/mol. The summed E-state index contributed by atoms with van der Waals surface area (Å²) in [6.07, 6.45) is 3.01. The van der Waals surface area contributed by atoms with E-state index in [1.165, 1.54) is 5.56 Å². The number of aryl methyl sites for hydroxylation is 1. The number of amides is 1. The highest BCUT2D eigenvalue weighted by molar-refractivity contribution is 5.81. The van der Waals surface area contributed by atoms with Crippen LogP contribution in [0.4, 0.5) is 0 Å². The van der Waals surface area contributed by atoms with Gasteiger partial charge in [-0.05, 0) is 30.5 Å². The van der Waals surface area contributed by atoms with E-state index in [0.717, 1.165) is 12.1 Å². The highest BCUT2D eigenvalue weighted by atomic mass is 16.2. The summed E-state index contributed by atoms with van der Waals surface area (Å²) < 4.78 is 0. The maximum atomic E-state index is 11.9. The molecule has 0 aliphatic heterocycles. The molecule has 2 aromatic rings. The third kappa shape index (κ3) is 4.44. The highest BCUT2D eigenvalue weighted by Crippen LogP contribution is 2.04. The molecule has 104 valence electrons. The molecule has 0 saturated heterocycles. The molecule has 1 heterocycles. The number of benzene rings is 1. The summed E-state index contributed by atoms with van der Waals surface area (Å²) in [4.78, 5) is 11.9. The summed E-state index contributed by atoms with van der Waals surface area (Å²) in [5, 5.41) is 10.4. The number of nitrogens with one attached hydrogen (secondary N) is 1. The van der Waals surface area contributed by atoms with Crippen molar-refractivity contribution >= 4 is 5.91 Å². The first kappa shape index (κ1) is 14.1. The number of hydrogen-bond donors (Lipinski definition) is 2. The molecule has 1 atom stereocenters. The van der Waals surface area contributed by atoms with Crippen LogP contribution in [0.25, 0.3) is 0 Å². The quantitative estimate of drug-likeness (QED) is 0.822. The van der Waals surface area contributed by atoms with E-state index in [4.69, 9.17) is 5.73 Å². The number of rotatable bonds is 6. The normalized spacial score (nSPS) is 11.8. The van der Waals surface area contributed by atoms with Crippen LogP contribution in [0.2, 0.25) is 0 Å².